The Morgan fingerprint density at radius 2 is 1.96 bits per heavy atom. The summed E-state index contributed by atoms with van der Waals surface area (Å²) < 4.78 is 0.888. The number of nitriles is 1. The second-order valence-electron chi connectivity index (χ2n) is 7.58. The summed E-state index contributed by atoms with van der Waals surface area (Å²) in [5.41, 5.74) is -2.02. The minimum atomic E-state index is -0.730. The van der Waals surface area contributed by atoms with Gasteiger partial charge in [-0.05, 0) is 25.7 Å². The van der Waals surface area contributed by atoms with Crippen LogP contribution in [-0.2, 0) is 11.3 Å². The van der Waals surface area contributed by atoms with E-state index >= 15 is 0 Å². The van der Waals surface area contributed by atoms with E-state index in [1.165, 1.54) is 0 Å². The van der Waals surface area contributed by atoms with Crippen molar-refractivity contribution in [2.45, 2.75) is 53.1 Å². The van der Waals surface area contributed by atoms with Crippen molar-refractivity contribution in [3.8, 4) is 6.07 Å². The Bertz CT molecular complexity index is 751. The maximum absolute atomic E-state index is 12.2. The number of amides is 1. The molecular weight excluding hydrogens is 312 g/mol. The molecule has 0 saturated heterocycles. The van der Waals surface area contributed by atoms with Crippen LogP contribution < -0.4 is 10.9 Å². The fourth-order valence-corrected chi connectivity index (χ4v) is 2.86. The summed E-state index contributed by atoms with van der Waals surface area (Å²) in [5, 5.41) is 22.6. The predicted molar refractivity (Wildman–Crippen MR) is 88.4 cm³/mol. The summed E-state index contributed by atoms with van der Waals surface area (Å²) in [4.78, 5) is 34.4. The average molecular weight is 334 g/mol. The average Bonchev–Trinajstić information content (AvgIpc) is 2.36. The third kappa shape index (κ3) is 5.50. The van der Waals surface area contributed by atoms with Gasteiger partial charge < -0.3 is 5.32 Å². The lowest BCUT2D eigenvalue weighted by Crippen LogP contribution is -2.47. The molecule has 0 aliphatic carbocycles. The molecule has 0 atom stereocenters. The second kappa shape index (κ2) is 6.83. The normalized spacial score (nSPS) is 11.7. The summed E-state index contributed by atoms with van der Waals surface area (Å²) in [5.74, 6) is -0.448. The molecule has 0 aliphatic rings. The van der Waals surface area contributed by atoms with Crippen LogP contribution in [0.2, 0.25) is 0 Å². The summed E-state index contributed by atoms with van der Waals surface area (Å²) >= 11 is 0. The van der Waals surface area contributed by atoms with Crippen LogP contribution in [-0.4, -0.2) is 20.9 Å². The summed E-state index contributed by atoms with van der Waals surface area (Å²) in [6.07, 6.45) is 1.68. The van der Waals surface area contributed by atoms with Gasteiger partial charge >= 0.3 is 0 Å². The summed E-state index contributed by atoms with van der Waals surface area (Å²) in [6, 6.07) is 2.52. The van der Waals surface area contributed by atoms with Gasteiger partial charge in [0.25, 0.3) is 11.2 Å². The van der Waals surface area contributed by atoms with Crippen LogP contribution in [0.25, 0.3) is 0 Å². The number of hydrogen-bond acceptors (Lipinski definition) is 5. The Morgan fingerprint density at radius 3 is 2.42 bits per heavy atom. The minimum Gasteiger partial charge on any atom is -0.350 e. The van der Waals surface area contributed by atoms with E-state index in [4.69, 9.17) is 5.26 Å². The number of aromatic nitrogens is 1. The number of nitro groups is 1. The molecule has 1 rings (SSSR count). The van der Waals surface area contributed by atoms with Crippen LogP contribution in [0.1, 0.15) is 46.6 Å². The van der Waals surface area contributed by atoms with Crippen LogP contribution in [0.15, 0.2) is 17.1 Å². The maximum Gasteiger partial charge on any atom is 0.287 e. The van der Waals surface area contributed by atoms with E-state index < -0.39 is 27.6 Å². The number of rotatable bonds is 5. The molecule has 0 bridgehead atoms. The first-order chi connectivity index (χ1) is 10.8. The van der Waals surface area contributed by atoms with E-state index in [1.807, 2.05) is 34.6 Å². The van der Waals surface area contributed by atoms with E-state index in [-0.39, 0.29) is 17.5 Å². The molecule has 0 aromatic carbocycles. The van der Waals surface area contributed by atoms with Gasteiger partial charge in [0.05, 0.1) is 11.1 Å². The van der Waals surface area contributed by atoms with Crippen LogP contribution in [0, 0.1) is 26.9 Å². The van der Waals surface area contributed by atoms with Crippen molar-refractivity contribution in [3.05, 3.63) is 38.3 Å². The highest BCUT2D eigenvalue weighted by Crippen LogP contribution is 2.26. The lowest BCUT2D eigenvalue weighted by molar-refractivity contribution is -0.385. The molecule has 0 aliphatic heterocycles. The zero-order chi connectivity index (χ0) is 18.7. The number of nitrogens with zero attached hydrogens (tertiary/aromatic N) is 3. The fraction of sp³-hybridized carbons (Fsp3) is 0.562. The smallest absolute Gasteiger partial charge is 0.287 e. The Hall–Kier alpha value is -2.69. The molecule has 130 valence electrons. The molecule has 1 aromatic heterocycles. The van der Waals surface area contributed by atoms with Gasteiger partial charge in [-0.1, -0.05) is 20.8 Å². The lowest BCUT2D eigenvalue weighted by atomic mass is 9.82. The molecule has 0 spiro atoms. The predicted octanol–water partition coefficient (Wildman–Crippen LogP) is 1.96. The lowest BCUT2D eigenvalue weighted by Gasteiger charge is -2.33. The van der Waals surface area contributed by atoms with Crippen LogP contribution in [0.4, 0.5) is 5.69 Å². The molecule has 0 saturated carbocycles. The highest BCUT2D eigenvalue weighted by atomic mass is 16.6. The molecule has 1 aromatic rings. The molecule has 1 amide bonds. The van der Waals surface area contributed by atoms with E-state index in [0.717, 1.165) is 16.8 Å². The van der Waals surface area contributed by atoms with Crippen molar-refractivity contribution in [2.75, 3.05) is 0 Å². The SMILES string of the molecule is CC(C)(C)CC(C)(C)NC(=O)Cn1cc([N+](=O)[O-])cc(C#N)c1=O. The Kier molecular flexibility index (Phi) is 5.50. The molecule has 8 heteroatoms. The third-order valence-corrected chi connectivity index (χ3v) is 3.17. The van der Waals surface area contributed by atoms with Gasteiger partial charge in [0.15, 0.2) is 0 Å². The van der Waals surface area contributed by atoms with Gasteiger partial charge in [-0.15, -0.1) is 0 Å². The first-order valence-corrected chi connectivity index (χ1v) is 7.45. The fourth-order valence-electron chi connectivity index (χ4n) is 2.86. The van der Waals surface area contributed by atoms with Crippen molar-refractivity contribution in [2.24, 2.45) is 5.41 Å². The zero-order valence-corrected chi connectivity index (χ0v) is 14.5. The Labute approximate surface area is 140 Å². The van der Waals surface area contributed by atoms with Crippen molar-refractivity contribution in [1.82, 2.24) is 9.88 Å². The number of pyridine rings is 1. The Morgan fingerprint density at radius 1 is 1.38 bits per heavy atom. The van der Waals surface area contributed by atoms with Crippen LogP contribution >= 0.6 is 0 Å². The molecule has 1 N–H and O–H groups in total. The first-order valence-electron chi connectivity index (χ1n) is 7.45. The van der Waals surface area contributed by atoms with E-state index in [2.05, 4.69) is 5.32 Å². The largest absolute Gasteiger partial charge is 0.350 e. The minimum absolute atomic E-state index is 0.00682. The van der Waals surface area contributed by atoms with E-state index in [9.17, 15) is 19.7 Å². The number of nitrogens with one attached hydrogen (secondary N) is 1. The van der Waals surface area contributed by atoms with Gasteiger partial charge in [-0.3, -0.25) is 24.3 Å². The van der Waals surface area contributed by atoms with Gasteiger partial charge in [-0.25, -0.2) is 0 Å². The van der Waals surface area contributed by atoms with Crippen LogP contribution in [0.3, 0.4) is 0 Å². The summed E-state index contributed by atoms with van der Waals surface area (Å²) in [7, 11) is 0. The molecule has 0 unspecified atom stereocenters. The quantitative estimate of drug-likeness (QED) is 0.652. The molecule has 0 radical (unpaired) electrons. The van der Waals surface area contributed by atoms with E-state index in [1.54, 1.807) is 6.07 Å². The third-order valence-electron chi connectivity index (χ3n) is 3.17. The van der Waals surface area contributed by atoms with Crippen molar-refractivity contribution in [1.29, 1.82) is 5.26 Å². The number of carbonyl (C=O) groups excluding carboxylic acids is 1. The summed E-state index contributed by atoms with van der Waals surface area (Å²) in [6.45, 7) is 9.49. The van der Waals surface area contributed by atoms with Gasteiger partial charge in [0.1, 0.15) is 18.2 Å². The molecular formula is C16H22N4O4. The standard InChI is InChI=1S/C16H22N4O4/c1-15(2,3)10-16(4,5)18-13(21)9-19-8-12(20(23)24)6-11(7-17)14(19)22/h6,8H,9-10H2,1-5H3,(H,18,21). The van der Waals surface area contributed by atoms with Gasteiger partial charge in [0.2, 0.25) is 5.91 Å². The van der Waals surface area contributed by atoms with Gasteiger partial charge in [0, 0.05) is 11.6 Å². The second-order valence-corrected chi connectivity index (χ2v) is 7.58. The first kappa shape index (κ1) is 19.4. The van der Waals surface area contributed by atoms with Crippen LogP contribution in [0.5, 0.6) is 0 Å². The van der Waals surface area contributed by atoms with Gasteiger partial charge in [-0.2, -0.15) is 5.26 Å². The topological polar surface area (TPSA) is 118 Å². The molecule has 8 nitrogen and oxygen atoms in total. The van der Waals surface area contributed by atoms with Crippen molar-refractivity contribution in [3.63, 3.8) is 0 Å². The monoisotopic (exact) mass is 334 g/mol. The highest BCUT2D eigenvalue weighted by molar-refractivity contribution is 5.76. The molecule has 1 heterocycles. The van der Waals surface area contributed by atoms with Crippen molar-refractivity contribution < 1.29 is 9.72 Å². The molecule has 0 fully saturated rings. The Balaban J connectivity index is 3.03. The van der Waals surface area contributed by atoms with Crippen molar-refractivity contribution >= 4 is 11.6 Å². The maximum atomic E-state index is 12.2. The molecule has 24 heavy (non-hydrogen) atoms. The number of hydrogen-bond donors (Lipinski definition) is 1. The number of carbonyl (C=O) groups is 1. The van der Waals surface area contributed by atoms with E-state index in [0.29, 0.717) is 6.42 Å². The highest BCUT2D eigenvalue weighted by Gasteiger charge is 2.27. The zero-order valence-electron chi connectivity index (χ0n) is 14.5.